The van der Waals surface area contributed by atoms with Crippen LogP contribution in [-0.2, 0) is 5.41 Å². The Morgan fingerprint density at radius 2 is 1.80 bits per heavy atom. The van der Waals surface area contributed by atoms with Crippen molar-refractivity contribution in [1.82, 2.24) is 4.98 Å². The lowest BCUT2D eigenvalue weighted by atomic mass is 9.87. The third kappa shape index (κ3) is 3.15. The number of carboxylic acids is 1. The molecular formula is C16H17NO3. The van der Waals surface area contributed by atoms with Crippen LogP contribution in [0.2, 0.25) is 0 Å². The van der Waals surface area contributed by atoms with Crippen molar-refractivity contribution in [3.8, 4) is 11.5 Å². The van der Waals surface area contributed by atoms with Gasteiger partial charge in [-0.25, -0.2) is 4.79 Å². The van der Waals surface area contributed by atoms with Gasteiger partial charge < -0.3 is 9.84 Å². The number of nitrogens with zero attached hydrogens (tertiary/aromatic N) is 1. The van der Waals surface area contributed by atoms with Crippen molar-refractivity contribution in [1.29, 1.82) is 0 Å². The van der Waals surface area contributed by atoms with Gasteiger partial charge in [-0.05, 0) is 23.1 Å². The highest BCUT2D eigenvalue weighted by atomic mass is 16.5. The molecule has 0 atom stereocenters. The van der Waals surface area contributed by atoms with Gasteiger partial charge in [-0.3, -0.25) is 4.98 Å². The van der Waals surface area contributed by atoms with Crippen LogP contribution in [0.25, 0.3) is 0 Å². The van der Waals surface area contributed by atoms with Gasteiger partial charge in [0.25, 0.3) is 0 Å². The number of aromatic nitrogens is 1. The van der Waals surface area contributed by atoms with Crippen LogP contribution >= 0.6 is 0 Å². The topological polar surface area (TPSA) is 59.4 Å². The molecule has 0 aliphatic rings. The summed E-state index contributed by atoms with van der Waals surface area (Å²) >= 11 is 0. The summed E-state index contributed by atoms with van der Waals surface area (Å²) in [6.45, 7) is 6.40. The second-order valence-electron chi connectivity index (χ2n) is 5.55. The Labute approximate surface area is 118 Å². The lowest BCUT2D eigenvalue weighted by molar-refractivity contribution is 0.0693. The van der Waals surface area contributed by atoms with Crippen LogP contribution in [0.15, 0.2) is 42.7 Å². The zero-order chi connectivity index (χ0) is 14.8. The molecule has 1 N–H and O–H groups in total. The van der Waals surface area contributed by atoms with Crippen LogP contribution in [0.4, 0.5) is 0 Å². The first-order valence-electron chi connectivity index (χ1n) is 6.33. The highest BCUT2D eigenvalue weighted by Gasteiger charge is 2.14. The quantitative estimate of drug-likeness (QED) is 0.920. The molecule has 0 saturated heterocycles. The fourth-order valence-electron chi connectivity index (χ4n) is 1.78. The molecule has 0 unspecified atom stereocenters. The van der Waals surface area contributed by atoms with Gasteiger partial charge in [0.1, 0.15) is 17.1 Å². The van der Waals surface area contributed by atoms with E-state index in [-0.39, 0.29) is 16.7 Å². The van der Waals surface area contributed by atoms with Crippen LogP contribution in [0.5, 0.6) is 11.5 Å². The molecule has 4 nitrogen and oxygen atoms in total. The minimum Gasteiger partial charge on any atom is -0.477 e. The molecule has 1 aromatic carbocycles. The number of rotatable bonds is 3. The molecule has 0 saturated carbocycles. The van der Waals surface area contributed by atoms with E-state index >= 15 is 0 Å². The lowest BCUT2D eigenvalue weighted by Crippen LogP contribution is -2.10. The lowest BCUT2D eigenvalue weighted by Gasteiger charge is -2.19. The summed E-state index contributed by atoms with van der Waals surface area (Å²) in [4.78, 5) is 14.9. The first-order chi connectivity index (χ1) is 9.38. The predicted molar refractivity (Wildman–Crippen MR) is 76.4 cm³/mol. The summed E-state index contributed by atoms with van der Waals surface area (Å²) in [5.74, 6) is -0.165. The Morgan fingerprint density at radius 3 is 2.35 bits per heavy atom. The molecule has 0 fully saturated rings. The standard InChI is InChI=1S/C16H17NO3/c1-16(2,3)11-4-6-12(7-5-11)20-14-8-9-17-10-13(14)15(18)19/h4-10H,1-3H3,(H,18,19). The zero-order valence-corrected chi connectivity index (χ0v) is 11.8. The summed E-state index contributed by atoms with van der Waals surface area (Å²) in [5, 5.41) is 9.07. The van der Waals surface area contributed by atoms with E-state index in [1.807, 2.05) is 24.3 Å². The minimum absolute atomic E-state index is 0.0485. The van der Waals surface area contributed by atoms with Crippen molar-refractivity contribution in [3.05, 3.63) is 53.9 Å². The van der Waals surface area contributed by atoms with E-state index in [0.29, 0.717) is 5.75 Å². The molecule has 2 rings (SSSR count). The molecule has 0 amide bonds. The maximum absolute atomic E-state index is 11.1. The van der Waals surface area contributed by atoms with Gasteiger partial charge in [-0.2, -0.15) is 0 Å². The SMILES string of the molecule is CC(C)(C)c1ccc(Oc2ccncc2C(=O)O)cc1. The second kappa shape index (κ2) is 5.33. The average molecular weight is 271 g/mol. The minimum atomic E-state index is -1.06. The number of aromatic carboxylic acids is 1. The maximum Gasteiger partial charge on any atom is 0.341 e. The number of hydrogen-bond donors (Lipinski definition) is 1. The van der Waals surface area contributed by atoms with Gasteiger partial charge in [-0.1, -0.05) is 32.9 Å². The first-order valence-corrected chi connectivity index (χ1v) is 6.33. The molecule has 20 heavy (non-hydrogen) atoms. The van der Waals surface area contributed by atoms with Crippen molar-refractivity contribution in [2.24, 2.45) is 0 Å². The molecular weight excluding hydrogens is 254 g/mol. The Hall–Kier alpha value is -2.36. The summed E-state index contributed by atoms with van der Waals surface area (Å²) in [6, 6.07) is 9.19. The molecule has 2 aromatic rings. The Balaban J connectivity index is 2.25. The Morgan fingerprint density at radius 1 is 1.15 bits per heavy atom. The summed E-state index contributed by atoms with van der Waals surface area (Å²) in [7, 11) is 0. The normalized spacial score (nSPS) is 11.2. The van der Waals surface area contributed by atoms with E-state index in [1.54, 1.807) is 6.07 Å². The number of benzene rings is 1. The first kappa shape index (κ1) is 14.1. The monoisotopic (exact) mass is 271 g/mol. The van der Waals surface area contributed by atoms with Gasteiger partial charge in [0.15, 0.2) is 0 Å². The van der Waals surface area contributed by atoms with Crippen molar-refractivity contribution in [3.63, 3.8) is 0 Å². The number of carboxylic acid groups (broad SMARTS) is 1. The molecule has 0 radical (unpaired) electrons. The highest BCUT2D eigenvalue weighted by molar-refractivity contribution is 5.90. The third-order valence-corrected chi connectivity index (χ3v) is 2.96. The largest absolute Gasteiger partial charge is 0.477 e. The summed E-state index contributed by atoms with van der Waals surface area (Å²) in [5.41, 5.74) is 1.31. The molecule has 1 heterocycles. The van der Waals surface area contributed by atoms with Crippen molar-refractivity contribution >= 4 is 5.97 Å². The van der Waals surface area contributed by atoms with Gasteiger partial charge in [0, 0.05) is 18.5 Å². The van der Waals surface area contributed by atoms with Crippen molar-refractivity contribution in [2.45, 2.75) is 26.2 Å². The van der Waals surface area contributed by atoms with Crippen molar-refractivity contribution < 1.29 is 14.6 Å². The maximum atomic E-state index is 11.1. The second-order valence-corrected chi connectivity index (χ2v) is 5.55. The van der Waals surface area contributed by atoms with Gasteiger partial charge in [-0.15, -0.1) is 0 Å². The summed E-state index contributed by atoms with van der Waals surface area (Å²) < 4.78 is 5.62. The van der Waals surface area contributed by atoms with Crippen LogP contribution in [0.1, 0.15) is 36.7 Å². The number of pyridine rings is 1. The van der Waals surface area contributed by atoms with E-state index in [4.69, 9.17) is 9.84 Å². The number of carbonyl (C=O) groups is 1. The third-order valence-electron chi connectivity index (χ3n) is 2.96. The number of ether oxygens (including phenoxy) is 1. The number of hydrogen-bond acceptors (Lipinski definition) is 3. The molecule has 104 valence electrons. The van der Waals surface area contributed by atoms with Gasteiger partial charge >= 0.3 is 5.97 Å². The van der Waals surface area contributed by atoms with Crippen LogP contribution in [-0.4, -0.2) is 16.1 Å². The molecule has 0 aliphatic heterocycles. The van der Waals surface area contributed by atoms with Gasteiger partial charge in [0.2, 0.25) is 0 Å². The average Bonchev–Trinajstić information content (AvgIpc) is 2.38. The van der Waals surface area contributed by atoms with Crippen molar-refractivity contribution in [2.75, 3.05) is 0 Å². The zero-order valence-electron chi connectivity index (χ0n) is 11.8. The molecule has 0 aliphatic carbocycles. The van der Waals surface area contributed by atoms with E-state index < -0.39 is 5.97 Å². The van der Waals surface area contributed by atoms with Gasteiger partial charge in [0.05, 0.1) is 0 Å². The molecule has 1 aromatic heterocycles. The van der Waals surface area contributed by atoms with E-state index in [0.717, 1.165) is 0 Å². The Bertz CT molecular complexity index is 612. The Kier molecular flexibility index (Phi) is 3.74. The van der Waals surface area contributed by atoms with Crippen LogP contribution < -0.4 is 4.74 Å². The van der Waals surface area contributed by atoms with E-state index in [1.165, 1.54) is 18.0 Å². The fourth-order valence-corrected chi connectivity index (χ4v) is 1.78. The molecule has 4 heteroatoms. The molecule has 0 bridgehead atoms. The fraction of sp³-hybridized carbons (Fsp3) is 0.250. The van der Waals surface area contributed by atoms with Crippen LogP contribution in [0.3, 0.4) is 0 Å². The van der Waals surface area contributed by atoms with E-state index in [9.17, 15) is 4.79 Å². The molecule has 0 spiro atoms. The predicted octanol–water partition coefficient (Wildman–Crippen LogP) is 3.87. The highest BCUT2D eigenvalue weighted by Crippen LogP contribution is 2.28. The van der Waals surface area contributed by atoms with Crippen LogP contribution in [0, 0.1) is 0 Å². The smallest absolute Gasteiger partial charge is 0.341 e. The summed E-state index contributed by atoms with van der Waals surface area (Å²) in [6.07, 6.45) is 2.78. The van der Waals surface area contributed by atoms with E-state index in [2.05, 4.69) is 25.8 Å².